The molecule has 5 nitrogen and oxygen atoms in total. The lowest BCUT2D eigenvalue weighted by molar-refractivity contribution is 0.0828. The van der Waals surface area contributed by atoms with Crippen LogP contribution in [0.4, 0.5) is 5.69 Å². The third-order valence-corrected chi connectivity index (χ3v) is 4.95. The van der Waals surface area contributed by atoms with Gasteiger partial charge in [0, 0.05) is 14.1 Å². The molecular formula is C17H20N2O3S. The van der Waals surface area contributed by atoms with Crippen LogP contribution in [0.25, 0.3) is 0 Å². The number of benzene rings is 2. The number of nitrogens with zero attached hydrogens (tertiary/aromatic N) is 1. The Hall–Kier alpha value is -2.34. The SMILES string of the molecule is Cc1ccc(C)c(S(=O)(=O)Nc2ccccc2C(=O)N(C)C)c1. The monoisotopic (exact) mass is 332 g/mol. The molecule has 0 bridgehead atoms. The zero-order valence-electron chi connectivity index (χ0n) is 13.6. The summed E-state index contributed by atoms with van der Waals surface area (Å²) in [6, 6.07) is 11.8. The molecule has 23 heavy (non-hydrogen) atoms. The number of nitrogens with one attached hydrogen (secondary N) is 1. The van der Waals surface area contributed by atoms with Gasteiger partial charge in [0.1, 0.15) is 0 Å². The molecule has 0 heterocycles. The minimum absolute atomic E-state index is 0.213. The summed E-state index contributed by atoms with van der Waals surface area (Å²) in [5.74, 6) is -0.260. The van der Waals surface area contributed by atoms with E-state index < -0.39 is 10.0 Å². The fourth-order valence-electron chi connectivity index (χ4n) is 2.20. The maximum Gasteiger partial charge on any atom is 0.262 e. The van der Waals surface area contributed by atoms with Gasteiger partial charge in [0.05, 0.1) is 16.1 Å². The quantitative estimate of drug-likeness (QED) is 0.936. The van der Waals surface area contributed by atoms with Crippen molar-refractivity contribution in [1.82, 2.24) is 4.90 Å². The van der Waals surface area contributed by atoms with E-state index in [1.165, 1.54) is 4.90 Å². The summed E-state index contributed by atoms with van der Waals surface area (Å²) in [6.07, 6.45) is 0. The Labute approximate surface area is 137 Å². The van der Waals surface area contributed by atoms with Crippen LogP contribution < -0.4 is 4.72 Å². The molecule has 0 spiro atoms. The smallest absolute Gasteiger partial charge is 0.262 e. The molecular weight excluding hydrogens is 312 g/mol. The second kappa shape index (κ2) is 6.42. The molecule has 0 aliphatic heterocycles. The average molecular weight is 332 g/mol. The van der Waals surface area contributed by atoms with E-state index in [-0.39, 0.29) is 16.5 Å². The molecule has 0 fully saturated rings. The Balaban J connectivity index is 2.46. The zero-order chi connectivity index (χ0) is 17.2. The van der Waals surface area contributed by atoms with Crippen molar-refractivity contribution in [3.05, 3.63) is 59.2 Å². The third-order valence-electron chi connectivity index (χ3n) is 3.44. The molecule has 0 aliphatic rings. The van der Waals surface area contributed by atoms with Gasteiger partial charge in [0.25, 0.3) is 15.9 Å². The number of carbonyl (C=O) groups excluding carboxylic acids is 1. The fourth-order valence-corrected chi connectivity index (χ4v) is 3.61. The predicted octanol–water partition coefficient (Wildman–Crippen LogP) is 2.81. The van der Waals surface area contributed by atoms with Crippen LogP contribution in [-0.4, -0.2) is 33.3 Å². The van der Waals surface area contributed by atoms with Crippen LogP contribution in [0.1, 0.15) is 21.5 Å². The Morgan fingerprint density at radius 2 is 1.70 bits per heavy atom. The van der Waals surface area contributed by atoms with Gasteiger partial charge in [-0.05, 0) is 43.2 Å². The van der Waals surface area contributed by atoms with Gasteiger partial charge < -0.3 is 4.90 Å². The summed E-state index contributed by atoms with van der Waals surface area (Å²) in [7, 11) is -0.522. The highest BCUT2D eigenvalue weighted by Gasteiger charge is 2.21. The normalized spacial score (nSPS) is 11.1. The first-order valence-corrected chi connectivity index (χ1v) is 8.61. The van der Waals surface area contributed by atoms with Crippen LogP contribution in [-0.2, 0) is 10.0 Å². The summed E-state index contributed by atoms with van der Waals surface area (Å²) in [5, 5.41) is 0. The molecule has 1 N–H and O–H groups in total. The maximum absolute atomic E-state index is 12.7. The zero-order valence-corrected chi connectivity index (χ0v) is 14.4. The fraction of sp³-hybridized carbons (Fsp3) is 0.235. The first-order valence-electron chi connectivity index (χ1n) is 7.13. The van der Waals surface area contributed by atoms with E-state index in [0.717, 1.165) is 5.56 Å². The number of hydrogen-bond donors (Lipinski definition) is 1. The molecule has 2 aromatic carbocycles. The van der Waals surface area contributed by atoms with E-state index in [2.05, 4.69) is 4.72 Å². The van der Waals surface area contributed by atoms with Crippen molar-refractivity contribution >= 4 is 21.6 Å². The summed E-state index contributed by atoms with van der Waals surface area (Å²) >= 11 is 0. The third kappa shape index (κ3) is 3.71. The second-order valence-electron chi connectivity index (χ2n) is 5.62. The standard InChI is InChI=1S/C17H20N2O3S/c1-12-9-10-13(2)16(11-12)23(21,22)18-15-8-6-5-7-14(15)17(20)19(3)4/h5-11,18H,1-4H3. The summed E-state index contributed by atoms with van der Waals surface area (Å²) in [4.78, 5) is 13.8. The van der Waals surface area contributed by atoms with Crippen molar-refractivity contribution in [2.45, 2.75) is 18.7 Å². The highest BCUT2D eigenvalue weighted by molar-refractivity contribution is 7.92. The van der Waals surface area contributed by atoms with Crippen LogP contribution in [0, 0.1) is 13.8 Å². The number of hydrogen-bond acceptors (Lipinski definition) is 3. The van der Waals surface area contributed by atoms with Crippen molar-refractivity contribution in [2.24, 2.45) is 0 Å². The van der Waals surface area contributed by atoms with Crippen molar-refractivity contribution < 1.29 is 13.2 Å². The Bertz CT molecular complexity index is 843. The number of aryl methyl sites for hydroxylation is 2. The Morgan fingerprint density at radius 1 is 1.04 bits per heavy atom. The van der Waals surface area contributed by atoms with Crippen molar-refractivity contribution in [2.75, 3.05) is 18.8 Å². The van der Waals surface area contributed by atoms with Crippen LogP contribution in [0.15, 0.2) is 47.4 Å². The maximum atomic E-state index is 12.7. The van der Waals surface area contributed by atoms with Crippen LogP contribution in [0.5, 0.6) is 0 Å². The van der Waals surface area contributed by atoms with Gasteiger partial charge in [-0.1, -0.05) is 24.3 Å². The van der Waals surface area contributed by atoms with Crippen molar-refractivity contribution in [3.63, 3.8) is 0 Å². The molecule has 0 aliphatic carbocycles. The lowest BCUT2D eigenvalue weighted by Crippen LogP contribution is -2.24. The van der Waals surface area contributed by atoms with Crippen LogP contribution in [0.2, 0.25) is 0 Å². The summed E-state index contributed by atoms with van der Waals surface area (Å²) < 4.78 is 27.9. The molecule has 6 heteroatoms. The Kier molecular flexibility index (Phi) is 4.75. The van der Waals surface area contributed by atoms with Crippen LogP contribution in [0.3, 0.4) is 0 Å². The number of para-hydroxylation sites is 1. The van der Waals surface area contributed by atoms with Gasteiger partial charge in [-0.2, -0.15) is 0 Å². The minimum Gasteiger partial charge on any atom is -0.345 e. The lowest BCUT2D eigenvalue weighted by Gasteiger charge is -2.16. The van der Waals surface area contributed by atoms with E-state index in [1.807, 2.05) is 13.0 Å². The molecule has 1 amide bonds. The molecule has 0 saturated carbocycles. The molecule has 2 rings (SSSR count). The number of anilines is 1. The number of rotatable bonds is 4. The number of sulfonamides is 1. The van der Waals surface area contributed by atoms with Crippen molar-refractivity contribution in [1.29, 1.82) is 0 Å². The van der Waals surface area contributed by atoms with E-state index in [0.29, 0.717) is 11.1 Å². The van der Waals surface area contributed by atoms with Gasteiger partial charge in [-0.25, -0.2) is 8.42 Å². The van der Waals surface area contributed by atoms with E-state index in [9.17, 15) is 13.2 Å². The summed E-state index contributed by atoms with van der Waals surface area (Å²) in [6.45, 7) is 3.58. The molecule has 0 radical (unpaired) electrons. The molecule has 0 unspecified atom stereocenters. The average Bonchev–Trinajstić information content (AvgIpc) is 2.49. The van der Waals surface area contributed by atoms with E-state index in [1.54, 1.807) is 57.4 Å². The molecule has 0 saturated heterocycles. The predicted molar refractivity (Wildman–Crippen MR) is 91.2 cm³/mol. The van der Waals surface area contributed by atoms with Crippen molar-refractivity contribution in [3.8, 4) is 0 Å². The van der Waals surface area contributed by atoms with E-state index in [4.69, 9.17) is 0 Å². The minimum atomic E-state index is -3.77. The van der Waals surface area contributed by atoms with Gasteiger partial charge >= 0.3 is 0 Å². The molecule has 2 aromatic rings. The first kappa shape index (κ1) is 17.0. The topological polar surface area (TPSA) is 66.5 Å². The van der Waals surface area contributed by atoms with Gasteiger partial charge in [0.2, 0.25) is 0 Å². The molecule has 122 valence electrons. The molecule has 0 atom stereocenters. The highest BCUT2D eigenvalue weighted by atomic mass is 32.2. The van der Waals surface area contributed by atoms with Crippen LogP contribution >= 0.6 is 0 Å². The van der Waals surface area contributed by atoms with E-state index >= 15 is 0 Å². The number of carbonyl (C=O) groups is 1. The second-order valence-corrected chi connectivity index (χ2v) is 7.27. The largest absolute Gasteiger partial charge is 0.345 e. The lowest BCUT2D eigenvalue weighted by atomic mass is 10.1. The van der Waals surface area contributed by atoms with Gasteiger partial charge in [-0.3, -0.25) is 9.52 Å². The van der Waals surface area contributed by atoms with Gasteiger partial charge in [-0.15, -0.1) is 0 Å². The number of amides is 1. The molecule has 0 aromatic heterocycles. The Morgan fingerprint density at radius 3 is 2.35 bits per heavy atom. The van der Waals surface area contributed by atoms with Gasteiger partial charge in [0.15, 0.2) is 0 Å². The summed E-state index contributed by atoms with van der Waals surface area (Å²) in [5.41, 5.74) is 2.09. The highest BCUT2D eigenvalue weighted by Crippen LogP contribution is 2.23. The first-order chi connectivity index (χ1) is 10.7.